The van der Waals surface area contributed by atoms with Gasteiger partial charge in [0.25, 0.3) is 0 Å². The zero-order chi connectivity index (χ0) is 15.9. The van der Waals surface area contributed by atoms with Crippen LogP contribution in [-0.4, -0.2) is 75.2 Å². The van der Waals surface area contributed by atoms with Gasteiger partial charge in [-0.2, -0.15) is 0 Å². The number of rotatable bonds is 11. The van der Waals surface area contributed by atoms with E-state index in [4.69, 9.17) is 4.74 Å². The molecule has 0 aromatic carbocycles. The topological polar surface area (TPSA) is 44.8 Å². The van der Waals surface area contributed by atoms with E-state index < -0.39 is 5.54 Å². The van der Waals surface area contributed by atoms with Gasteiger partial charge in [0.05, 0.1) is 6.61 Å². The third kappa shape index (κ3) is 5.57. The normalized spacial score (nSPS) is 18.0. The largest absolute Gasteiger partial charge is 0.465 e. The number of nitrogens with one attached hydrogen (secondary N) is 1. The van der Waals surface area contributed by atoms with Gasteiger partial charge in [0, 0.05) is 19.6 Å². The van der Waals surface area contributed by atoms with Crippen LogP contribution in [0.15, 0.2) is 0 Å². The first-order valence-electron chi connectivity index (χ1n) is 8.21. The van der Waals surface area contributed by atoms with Crippen molar-refractivity contribution in [1.82, 2.24) is 15.1 Å². The smallest absolute Gasteiger partial charge is 0.327 e. The molecule has 124 valence electrons. The molecule has 1 fully saturated rings. The molecule has 1 rings (SSSR count). The summed E-state index contributed by atoms with van der Waals surface area (Å²) in [6, 6.07) is 0. The summed E-state index contributed by atoms with van der Waals surface area (Å²) in [7, 11) is 6.23. The van der Waals surface area contributed by atoms with Crippen LogP contribution in [0.3, 0.4) is 0 Å². The molecule has 0 aromatic rings. The minimum absolute atomic E-state index is 0.0716. The lowest BCUT2D eigenvalue weighted by molar-refractivity contribution is -0.153. The summed E-state index contributed by atoms with van der Waals surface area (Å²) in [6.45, 7) is 7.99. The van der Waals surface area contributed by atoms with Crippen molar-refractivity contribution in [1.29, 1.82) is 0 Å². The van der Waals surface area contributed by atoms with Gasteiger partial charge in [-0.3, -0.25) is 0 Å². The monoisotopic (exact) mass is 299 g/mol. The van der Waals surface area contributed by atoms with Crippen LogP contribution in [0.2, 0.25) is 0 Å². The summed E-state index contributed by atoms with van der Waals surface area (Å²) >= 11 is 0. The maximum Gasteiger partial charge on any atom is 0.327 e. The van der Waals surface area contributed by atoms with Gasteiger partial charge in [0.15, 0.2) is 0 Å². The van der Waals surface area contributed by atoms with Gasteiger partial charge in [-0.1, -0.05) is 6.92 Å². The highest BCUT2D eigenvalue weighted by Gasteiger charge is 2.52. The molecule has 1 aliphatic carbocycles. The number of carbonyl (C=O) groups excluding carboxylic acids is 1. The summed E-state index contributed by atoms with van der Waals surface area (Å²) in [5, 5.41) is 3.52. The van der Waals surface area contributed by atoms with Crippen LogP contribution in [0.4, 0.5) is 0 Å². The van der Waals surface area contributed by atoms with Crippen molar-refractivity contribution < 1.29 is 9.53 Å². The van der Waals surface area contributed by atoms with Crippen molar-refractivity contribution in [3.63, 3.8) is 0 Å². The van der Waals surface area contributed by atoms with Crippen LogP contribution in [0.25, 0.3) is 0 Å². The first-order valence-corrected chi connectivity index (χ1v) is 8.21. The summed E-state index contributed by atoms with van der Waals surface area (Å²) in [5.74, 6) is 0.350. The molecule has 0 spiro atoms. The predicted molar refractivity (Wildman–Crippen MR) is 86.4 cm³/mol. The molecule has 5 heteroatoms. The quantitative estimate of drug-likeness (QED) is 0.581. The molecule has 1 saturated carbocycles. The molecule has 0 radical (unpaired) electrons. The van der Waals surface area contributed by atoms with Gasteiger partial charge in [0.1, 0.15) is 5.54 Å². The van der Waals surface area contributed by atoms with Crippen LogP contribution in [0.5, 0.6) is 0 Å². The van der Waals surface area contributed by atoms with Crippen LogP contribution >= 0.6 is 0 Å². The lowest BCUT2D eigenvalue weighted by atomic mass is 9.92. The molecule has 1 unspecified atom stereocenters. The van der Waals surface area contributed by atoms with Crippen molar-refractivity contribution in [3.8, 4) is 0 Å². The predicted octanol–water partition coefficient (Wildman–Crippen LogP) is 1.19. The Bertz CT molecular complexity index is 319. The van der Waals surface area contributed by atoms with Crippen LogP contribution in [-0.2, 0) is 9.53 Å². The minimum Gasteiger partial charge on any atom is -0.465 e. The van der Waals surface area contributed by atoms with E-state index in [0.29, 0.717) is 12.5 Å². The maximum absolute atomic E-state index is 12.6. The zero-order valence-corrected chi connectivity index (χ0v) is 14.4. The fourth-order valence-corrected chi connectivity index (χ4v) is 2.69. The number of ether oxygens (including phenoxy) is 1. The van der Waals surface area contributed by atoms with E-state index >= 15 is 0 Å². The lowest BCUT2D eigenvalue weighted by Gasteiger charge is -2.36. The zero-order valence-electron chi connectivity index (χ0n) is 14.4. The first-order chi connectivity index (χ1) is 9.96. The molecule has 0 amide bonds. The SMILES string of the molecule is CCCNC(CN(C)CCN(C)C)(C(=O)OCC)C1CC1. The third-order valence-electron chi connectivity index (χ3n) is 4.05. The van der Waals surface area contributed by atoms with E-state index in [0.717, 1.165) is 45.4 Å². The van der Waals surface area contributed by atoms with Gasteiger partial charge < -0.3 is 19.9 Å². The Morgan fingerprint density at radius 2 is 1.90 bits per heavy atom. The fraction of sp³-hybridized carbons (Fsp3) is 0.938. The highest BCUT2D eigenvalue weighted by Crippen LogP contribution is 2.41. The van der Waals surface area contributed by atoms with Gasteiger partial charge in [0.2, 0.25) is 0 Å². The molecular weight excluding hydrogens is 266 g/mol. The summed E-state index contributed by atoms with van der Waals surface area (Å²) in [6.07, 6.45) is 3.27. The Balaban J connectivity index is 2.75. The van der Waals surface area contributed by atoms with Crippen molar-refractivity contribution in [2.45, 2.75) is 38.6 Å². The van der Waals surface area contributed by atoms with E-state index in [1.165, 1.54) is 0 Å². The highest BCUT2D eigenvalue weighted by molar-refractivity contribution is 5.82. The number of hydrogen-bond donors (Lipinski definition) is 1. The maximum atomic E-state index is 12.6. The molecule has 0 aromatic heterocycles. The molecule has 0 heterocycles. The number of carbonyl (C=O) groups is 1. The number of hydrogen-bond acceptors (Lipinski definition) is 5. The molecule has 0 aliphatic heterocycles. The molecule has 0 saturated heterocycles. The van der Waals surface area contributed by atoms with E-state index in [1.54, 1.807) is 0 Å². The van der Waals surface area contributed by atoms with Crippen LogP contribution < -0.4 is 5.32 Å². The number of nitrogens with zero attached hydrogens (tertiary/aromatic N) is 2. The van der Waals surface area contributed by atoms with Crippen molar-refractivity contribution in [3.05, 3.63) is 0 Å². The van der Waals surface area contributed by atoms with E-state index in [1.807, 2.05) is 6.92 Å². The minimum atomic E-state index is -0.521. The second kappa shape index (κ2) is 8.71. The summed E-state index contributed by atoms with van der Waals surface area (Å²) in [5.41, 5.74) is -0.521. The van der Waals surface area contributed by atoms with Crippen molar-refractivity contribution >= 4 is 5.97 Å². The van der Waals surface area contributed by atoms with Gasteiger partial charge in [-0.05, 0) is 59.8 Å². The average Bonchev–Trinajstić information content (AvgIpc) is 3.26. The Hall–Kier alpha value is -0.650. The van der Waals surface area contributed by atoms with Gasteiger partial charge in [-0.25, -0.2) is 4.79 Å². The standard InChI is InChI=1S/C16H33N3O2/c1-6-10-17-16(14-8-9-14,15(20)21-7-2)13-19(5)12-11-18(3)4/h14,17H,6-13H2,1-5H3. The van der Waals surface area contributed by atoms with Crippen LogP contribution in [0, 0.1) is 5.92 Å². The molecule has 5 nitrogen and oxygen atoms in total. The van der Waals surface area contributed by atoms with Crippen molar-refractivity contribution in [2.75, 3.05) is 53.9 Å². The third-order valence-corrected chi connectivity index (χ3v) is 4.05. The Labute approximate surface area is 130 Å². The summed E-state index contributed by atoms with van der Waals surface area (Å²) in [4.78, 5) is 17.0. The Morgan fingerprint density at radius 3 is 2.38 bits per heavy atom. The number of likely N-dealkylation sites (N-methyl/N-ethyl adjacent to an activating group) is 2. The van der Waals surface area contributed by atoms with Gasteiger partial charge >= 0.3 is 5.97 Å². The van der Waals surface area contributed by atoms with E-state index in [2.05, 4.69) is 43.2 Å². The molecule has 0 bridgehead atoms. The molecule has 1 aliphatic rings. The molecular formula is C16H33N3O2. The Kier molecular flexibility index (Phi) is 7.63. The van der Waals surface area contributed by atoms with E-state index in [9.17, 15) is 4.79 Å². The number of esters is 1. The fourth-order valence-electron chi connectivity index (χ4n) is 2.69. The van der Waals surface area contributed by atoms with Crippen LogP contribution in [0.1, 0.15) is 33.1 Å². The highest BCUT2D eigenvalue weighted by atomic mass is 16.5. The van der Waals surface area contributed by atoms with Gasteiger partial charge in [-0.15, -0.1) is 0 Å². The van der Waals surface area contributed by atoms with E-state index in [-0.39, 0.29) is 5.97 Å². The second-order valence-corrected chi connectivity index (χ2v) is 6.43. The average molecular weight is 299 g/mol. The Morgan fingerprint density at radius 1 is 1.24 bits per heavy atom. The summed E-state index contributed by atoms with van der Waals surface area (Å²) < 4.78 is 5.39. The molecule has 1 N–H and O–H groups in total. The second-order valence-electron chi connectivity index (χ2n) is 6.43. The van der Waals surface area contributed by atoms with Crippen molar-refractivity contribution in [2.24, 2.45) is 5.92 Å². The lowest BCUT2D eigenvalue weighted by Crippen LogP contribution is -2.61. The molecule has 21 heavy (non-hydrogen) atoms. The molecule has 1 atom stereocenters. The first kappa shape index (κ1) is 18.4.